The molecule has 176 valence electrons. The fourth-order valence-corrected chi connectivity index (χ4v) is 7.03. The van der Waals surface area contributed by atoms with Crippen LogP contribution in [0.15, 0.2) is 90.2 Å². The summed E-state index contributed by atoms with van der Waals surface area (Å²) in [5, 5.41) is 0. The highest BCUT2D eigenvalue weighted by Gasteiger charge is 2.43. The number of benzene rings is 1. The van der Waals surface area contributed by atoms with Gasteiger partial charge in [0.25, 0.3) is 0 Å². The normalized spacial score (nSPS) is 30.3. The summed E-state index contributed by atoms with van der Waals surface area (Å²) in [7, 11) is 0. The van der Waals surface area contributed by atoms with E-state index in [1.54, 1.807) is 0 Å². The van der Waals surface area contributed by atoms with Crippen LogP contribution in [0.5, 0.6) is 0 Å². The molecule has 5 atom stereocenters. The Hall–Kier alpha value is -2.74. The van der Waals surface area contributed by atoms with Crippen LogP contribution in [0.2, 0.25) is 0 Å². The number of allylic oxidation sites excluding steroid dienone is 7. The minimum absolute atomic E-state index is 0.383. The lowest BCUT2D eigenvalue weighted by atomic mass is 9.86. The van der Waals surface area contributed by atoms with Crippen molar-refractivity contribution in [3.63, 3.8) is 0 Å². The van der Waals surface area contributed by atoms with Gasteiger partial charge in [0, 0.05) is 34.9 Å². The molecule has 2 aliphatic heterocycles. The summed E-state index contributed by atoms with van der Waals surface area (Å²) < 4.78 is 0. The van der Waals surface area contributed by atoms with E-state index in [0.29, 0.717) is 35.9 Å². The molecule has 3 aliphatic carbocycles. The van der Waals surface area contributed by atoms with E-state index in [1.807, 2.05) is 0 Å². The number of rotatable bonds is 6. The smallest absolute Gasteiger partial charge is 0.0629 e. The lowest BCUT2D eigenvalue weighted by molar-refractivity contribution is 0.480. The van der Waals surface area contributed by atoms with Crippen molar-refractivity contribution in [3.05, 3.63) is 95.8 Å². The number of hydrogen-bond donors (Lipinski definition) is 0. The first kappa shape index (κ1) is 21.8. The van der Waals surface area contributed by atoms with Crippen LogP contribution >= 0.6 is 0 Å². The number of nitrogens with zero attached hydrogens (tertiary/aromatic N) is 2. The minimum Gasteiger partial charge on any atom is -0.361 e. The third-order valence-electron chi connectivity index (χ3n) is 8.46. The van der Waals surface area contributed by atoms with Crippen LogP contribution < -0.4 is 9.80 Å². The van der Waals surface area contributed by atoms with Crippen molar-refractivity contribution in [1.29, 1.82) is 0 Å². The van der Waals surface area contributed by atoms with Crippen molar-refractivity contribution < 1.29 is 0 Å². The SMILES string of the molecule is CCCC(CCC)N1c2ccc(N3C4=CC[C@@H](C)C=C4C4C=CC=CC43)cc2C2C=CC=CC21. The first-order chi connectivity index (χ1) is 16.7. The number of hydrogen-bond acceptors (Lipinski definition) is 2. The molecule has 1 aromatic rings. The van der Waals surface area contributed by atoms with E-state index in [4.69, 9.17) is 0 Å². The molecule has 0 amide bonds. The van der Waals surface area contributed by atoms with E-state index in [1.165, 1.54) is 53.9 Å². The molecule has 2 heterocycles. The summed E-state index contributed by atoms with van der Waals surface area (Å²) in [6, 6.07) is 8.81. The molecule has 0 spiro atoms. The molecule has 1 saturated heterocycles. The third kappa shape index (κ3) is 3.37. The van der Waals surface area contributed by atoms with Gasteiger partial charge in [-0.25, -0.2) is 0 Å². The zero-order chi connectivity index (χ0) is 23.2. The van der Waals surface area contributed by atoms with Crippen molar-refractivity contribution >= 4 is 11.4 Å². The molecule has 1 aromatic carbocycles. The largest absolute Gasteiger partial charge is 0.361 e. The van der Waals surface area contributed by atoms with E-state index >= 15 is 0 Å². The van der Waals surface area contributed by atoms with Crippen molar-refractivity contribution in [2.24, 2.45) is 11.8 Å². The molecule has 0 bridgehead atoms. The molecule has 2 heteroatoms. The van der Waals surface area contributed by atoms with E-state index in [-0.39, 0.29) is 0 Å². The van der Waals surface area contributed by atoms with Gasteiger partial charge in [-0.2, -0.15) is 0 Å². The highest BCUT2D eigenvalue weighted by Crippen LogP contribution is 2.51. The van der Waals surface area contributed by atoms with Crippen LogP contribution in [0.4, 0.5) is 11.4 Å². The van der Waals surface area contributed by atoms with E-state index in [0.717, 1.165) is 6.42 Å². The average Bonchev–Trinajstić information content (AvgIpc) is 3.36. The van der Waals surface area contributed by atoms with Crippen molar-refractivity contribution in [3.8, 4) is 0 Å². The second-order valence-corrected chi connectivity index (χ2v) is 10.7. The number of anilines is 2. The molecule has 2 nitrogen and oxygen atoms in total. The second kappa shape index (κ2) is 8.80. The van der Waals surface area contributed by atoms with Gasteiger partial charge in [-0.05, 0) is 54.5 Å². The molecule has 0 radical (unpaired) electrons. The van der Waals surface area contributed by atoms with Crippen LogP contribution in [0.25, 0.3) is 0 Å². The third-order valence-corrected chi connectivity index (χ3v) is 8.46. The topological polar surface area (TPSA) is 6.48 Å². The Labute approximate surface area is 205 Å². The van der Waals surface area contributed by atoms with Gasteiger partial charge in [0.2, 0.25) is 0 Å². The van der Waals surface area contributed by atoms with Gasteiger partial charge in [0.15, 0.2) is 0 Å². The second-order valence-electron chi connectivity index (χ2n) is 10.7. The first-order valence-corrected chi connectivity index (χ1v) is 13.5. The molecule has 4 unspecified atom stereocenters. The van der Waals surface area contributed by atoms with E-state index in [9.17, 15) is 0 Å². The van der Waals surface area contributed by atoms with Crippen molar-refractivity contribution in [1.82, 2.24) is 0 Å². The molecule has 0 N–H and O–H groups in total. The summed E-state index contributed by atoms with van der Waals surface area (Å²) in [5.41, 5.74) is 7.28. The van der Waals surface area contributed by atoms with E-state index in [2.05, 4.69) is 110 Å². The molecule has 0 aromatic heterocycles. The fraction of sp³-hybridized carbons (Fsp3) is 0.438. The van der Waals surface area contributed by atoms with Crippen LogP contribution in [0.1, 0.15) is 64.4 Å². The summed E-state index contributed by atoms with van der Waals surface area (Å²) in [6.45, 7) is 7.00. The lowest BCUT2D eigenvalue weighted by Gasteiger charge is -2.36. The molecule has 34 heavy (non-hydrogen) atoms. The zero-order valence-electron chi connectivity index (χ0n) is 20.9. The molecule has 1 fully saturated rings. The maximum Gasteiger partial charge on any atom is 0.0629 e. The van der Waals surface area contributed by atoms with E-state index < -0.39 is 0 Å². The van der Waals surface area contributed by atoms with Gasteiger partial charge in [-0.15, -0.1) is 0 Å². The predicted octanol–water partition coefficient (Wildman–Crippen LogP) is 7.83. The lowest BCUT2D eigenvalue weighted by Crippen LogP contribution is -2.41. The quantitative estimate of drug-likeness (QED) is 0.436. The van der Waals surface area contributed by atoms with Gasteiger partial charge >= 0.3 is 0 Å². The molecule has 5 aliphatic rings. The van der Waals surface area contributed by atoms with Crippen molar-refractivity contribution in [2.45, 2.75) is 76.9 Å². The van der Waals surface area contributed by atoms with Gasteiger partial charge < -0.3 is 9.80 Å². The standard InChI is InChI=1S/C32H38N2/c1-4-10-23(11-5-2)33-29-14-8-7-13-26(29)28-21-24(17-19-32(28)33)34-30-15-9-6-12-25(30)27-20-22(3)16-18-31(27)34/h6-9,12-15,17-23,25-26,29-30H,4-5,10-11,16H2,1-3H3/t22-,25?,26?,29?,30?/m1/s1. The van der Waals surface area contributed by atoms with Gasteiger partial charge in [0.05, 0.1) is 12.1 Å². The Bertz CT molecular complexity index is 1120. The molecule has 0 saturated carbocycles. The van der Waals surface area contributed by atoms with Crippen LogP contribution in [-0.4, -0.2) is 18.1 Å². The first-order valence-electron chi connectivity index (χ1n) is 13.5. The molecule has 6 rings (SSSR count). The molecular weight excluding hydrogens is 412 g/mol. The van der Waals surface area contributed by atoms with Crippen LogP contribution in [0.3, 0.4) is 0 Å². The summed E-state index contributed by atoms with van der Waals surface area (Å²) in [5.74, 6) is 1.54. The zero-order valence-corrected chi connectivity index (χ0v) is 20.9. The summed E-state index contributed by atoms with van der Waals surface area (Å²) in [4.78, 5) is 5.39. The van der Waals surface area contributed by atoms with Crippen molar-refractivity contribution in [2.75, 3.05) is 9.80 Å². The predicted molar refractivity (Wildman–Crippen MR) is 145 cm³/mol. The summed E-state index contributed by atoms with van der Waals surface area (Å²) >= 11 is 0. The Morgan fingerprint density at radius 3 is 2.35 bits per heavy atom. The maximum atomic E-state index is 2.76. The average molecular weight is 451 g/mol. The Morgan fingerprint density at radius 2 is 1.59 bits per heavy atom. The Balaban J connectivity index is 1.43. The highest BCUT2D eigenvalue weighted by atomic mass is 15.2. The summed E-state index contributed by atoms with van der Waals surface area (Å²) in [6.07, 6.45) is 29.8. The highest BCUT2D eigenvalue weighted by molar-refractivity contribution is 5.74. The molecular formula is C32H38N2. The van der Waals surface area contributed by atoms with Gasteiger partial charge in [-0.3, -0.25) is 0 Å². The number of fused-ring (bicyclic) bond motifs is 6. The Morgan fingerprint density at radius 1 is 0.882 bits per heavy atom. The monoisotopic (exact) mass is 450 g/mol. The van der Waals surface area contributed by atoms with Crippen LogP contribution in [0, 0.1) is 11.8 Å². The maximum absolute atomic E-state index is 2.76. The Kier molecular flexibility index (Phi) is 5.63. The fourth-order valence-electron chi connectivity index (χ4n) is 7.03. The minimum atomic E-state index is 0.383. The van der Waals surface area contributed by atoms with Crippen LogP contribution in [-0.2, 0) is 0 Å². The van der Waals surface area contributed by atoms with Gasteiger partial charge in [0.1, 0.15) is 0 Å². The van der Waals surface area contributed by atoms with Gasteiger partial charge in [-0.1, -0.05) is 94.4 Å².